The van der Waals surface area contributed by atoms with Crippen LogP contribution in [0.25, 0.3) is 0 Å². The first-order valence-corrected chi connectivity index (χ1v) is 16.6. The smallest absolute Gasteiger partial charge is 0.221 e. The van der Waals surface area contributed by atoms with E-state index in [0.29, 0.717) is 0 Å². The molecule has 0 saturated carbocycles. The monoisotopic (exact) mass is 580 g/mol. The average molecular weight is 581 g/mol. The number of rotatable bonds is 20. The molecule has 6 heteroatoms. The summed E-state index contributed by atoms with van der Waals surface area (Å²) in [7, 11) is 0. The lowest BCUT2D eigenvalue weighted by Gasteiger charge is -2.38. The normalized spacial score (nSPS) is 18.8. The predicted octanol–water partition coefficient (Wildman–Crippen LogP) is 8.71. The van der Waals surface area contributed by atoms with E-state index in [1.807, 2.05) is 36.4 Å². The van der Waals surface area contributed by atoms with Crippen LogP contribution in [0.3, 0.4) is 0 Å². The number of nitrogens with zero attached hydrogens (tertiary/aromatic N) is 1. The fourth-order valence-electron chi connectivity index (χ4n) is 5.77. The van der Waals surface area contributed by atoms with Crippen LogP contribution in [0.4, 0.5) is 5.69 Å². The number of aliphatic hydroxyl groups excluding tert-OH is 1. The summed E-state index contributed by atoms with van der Waals surface area (Å²) < 4.78 is 13.2. The minimum atomic E-state index is -0.484. The third-order valence-corrected chi connectivity index (χ3v) is 8.24. The molecule has 42 heavy (non-hydrogen) atoms. The average Bonchev–Trinajstić information content (AvgIpc) is 3.00. The number of nitrogens with one attached hydrogen (secondary N) is 1. The van der Waals surface area contributed by atoms with Crippen LogP contribution in [-0.4, -0.2) is 41.7 Å². The summed E-state index contributed by atoms with van der Waals surface area (Å²) in [6.07, 6.45) is 15.9. The Labute approximate surface area is 255 Å². The van der Waals surface area contributed by atoms with E-state index in [1.54, 1.807) is 0 Å². The van der Waals surface area contributed by atoms with Gasteiger partial charge in [-0.2, -0.15) is 0 Å². The molecular weight excluding hydrogens is 524 g/mol. The zero-order valence-corrected chi connectivity index (χ0v) is 26.5. The molecule has 3 atom stereocenters. The molecule has 1 heterocycles. The molecule has 3 unspecified atom stereocenters. The quantitative estimate of drug-likeness (QED) is 0.153. The zero-order valence-electron chi connectivity index (χ0n) is 26.5. The Morgan fingerprint density at radius 1 is 0.786 bits per heavy atom. The molecule has 0 bridgehead atoms. The van der Waals surface area contributed by atoms with Gasteiger partial charge in [-0.1, -0.05) is 114 Å². The molecule has 6 nitrogen and oxygen atoms in total. The number of hydrogen-bond donors (Lipinski definition) is 2. The Morgan fingerprint density at radius 2 is 1.33 bits per heavy atom. The Morgan fingerprint density at radius 3 is 1.88 bits per heavy atom. The lowest BCUT2D eigenvalue weighted by Crippen LogP contribution is -2.40. The van der Waals surface area contributed by atoms with Crippen molar-refractivity contribution in [3.63, 3.8) is 0 Å². The minimum Gasteiger partial charge on any atom is -0.392 e. The maximum Gasteiger partial charge on any atom is 0.221 e. The van der Waals surface area contributed by atoms with Crippen LogP contribution in [-0.2, 0) is 20.9 Å². The Balaban J connectivity index is 1.70. The van der Waals surface area contributed by atoms with Gasteiger partial charge in [0.2, 0.25) is 5.91 Å². The lowest BCUT2D eigenvalue weighted by atomic mass is 9.99. The number of benzene rings is 2. The summed E-state index contributed by atoms with van der Waals surface area (Å²) in [5.41, 5.74) is 3.72. The van der Waals surface area contributed by atoms with Crippen molar-refractivity contribution in [2.75, 3.05) is 25.0 Å². The number of hydrogen-bond acceptors (Lipinski definition) is 5. The molecule has 1 aliphatic rings. The third kappa shape index (κ3) is 12.5. The van der Waals surface area contributed by atoms with Crippen molar-refractivity contribution in [2.24, 2.45) is 0 Å². The van der Waals surface area contributed by atoms with Gasteiger partial charge in [0.1, 0.15) is 0 Å². The highest BCUT2D eigenvalue weighted by Gasteiger charge is 2.33. The molecule has 0 aliphatic carbocycles. The third-order valence-electron chi connectivity index (χ3n) is 8.24. The van der Waals surface area contributed by atoms with E-state index in [1.165, 1.54) is 84.0 Å². The molecule has 0 spiro atoms. The van der Waals surface area contributed by atoms with Gasteiger partial charge >= 0.3 is 0 Å². The molecule has 234 valence electrons. The second-order valence-corrected chi connectivity index (χ2v) is 12.0. The minimum absolute atomic E-state index is 0.0344. The number of carbonyl (C=O) groups excluding carboxylic acids is 1. The first-order chi connectivity index (χ1) is 20.5. The van der Waals surface area contributed by atoms with Gasteiger partial charge in [0.25, 0.3) is 0 Å². The van der Waals surface area contributed by atoms with E-state index in [9.17, 15) is 9.90 Å². The van der Waals surface area contributed by atoms with Crippen LogP contribution < -0.4 is 5.32 Å². The molecule has 2 N–H and O–H groups in total. The highest BCUT2D eigenvalue weighted by molar-refractivity contribution is 5.88. The van der Waals surface area contributed by atoms with E-state index in [4.69, 9.17) is 9.47 Å². The van der Waals surface area contributed by atoms with E-state index in [-0.39, 0.29) is 24.7 Å². The number of ether oxygens (including phenoxy) is 2. The van der Waals surface area contributed by atoms with Crippen LogP contribution in [0.15, 0.2) is 48.5 Å². The van der Waals surface area contributed by atoms with Crippen molar-refractivity contribution in [2.45, 2.75) is 129 Å². The van der Waals surface area contributed by atoms with Gasteiger partial charge in [0.05, 0.1) is 18.8 Å². The van der Waals surface area contributed by atoms with Gasteiger partial charge in [0, 0.05) is 31.1 Å². The largest absolute Gasteiger partial charge is 0.392 e. The summed E-state index contributed by atoms with van der Waals surface area (Å²) in [6, 6.07) is 15.9. The second kappa shape index (κ2) is 19.8. The van der Waals surface area contributed by atoms with Crippen molar-refractivity contribution in [3.05, 3.63) is 65.2 Å². The molecule has 1 fully saturated rings. The molecule has 1 amide bonds. The topological polar surface area (TPSA) is 71.0 Å². The number of amides is 1. The SMILES string of the molecule is CCCCCCCCN(CCCCCCCC)CC1CC(c2ccc(CO)cc2)OC(c2ccc(NC(C)=O)cc2)O1. The Bertz CT molecular complexity index is 978. The molecule has 1 aliphatic heterocycles. The summed E-state index contributed by atoms with van der Waals surface area (Å²) in [5.74, 6) is -0.0878. The summed E-state index contributed by atoms with van der Waals surface area (Å²) >= 11 is 0. The maximum absolute atomic E-state index is 11.5. The van der Waals surface area contributed by atoms with Crippen LogP contribution >= 0.6 is 0 Å². The number of anilines is 1. The van der Waals surface area contributed by atoms with Crippen molar-refractivity contribution >= 4 is 11.6 Å². The van der Waals surface area contributed by atoms with Crippen LogP contribution in [0.1, 0.15) is 133 Å². The van der Waals surface area contributed by atoms with E-state index in [0.717, 1.165) is 48.4 Å². The highest BCUT2D eigenvalue weighted by Crippen LogP contribution is 2.38. The lowest BCUT2D eigenvalue weighted by molar-refractivity contribution is -0.253. The Kier molecular flexibility index (Phi) is 16.2. The van der Waals surface area contributed by atoms with Gasteiger partial charge in [-0.25, -0.2) is 0 Å². The van der Waals surface area contributed by atoms with Crippen LogP contribution in [0, 0.1) is 0 Å². The van der Waals surface area contributed by atoms with Gasteiger partial charge in [-0.05, 0) is 49.2 Å². The first kappa shape index (κ1) is 34.2. The van der Waals surface area contributed by atoms with Crippen molar-refractivity contribution in [3.8, 4) is 0 Å². The summed E-state index contributed by atoms with van der Waals surface area (Å²) in [5, 5.41) is 12.4. The standard InChI is InChI=1S/C36H56N2O4/c1-4-6-8-10-12-14-24-38(25-15-13-11-9-7-5-2)27-34-26-35(31-18-16-30(28-39)17-19-31)42-36(41-34)32-20-22-33(23-21-32)37-29(3)40/h16-23,34-36,39H,4-15,24-28H2,1-3H3,(H,37,40). The summed E-state index contributed by atoms with van der Waals surface area (Å²) in [6.45, 7) is 9.23. The van der Waals surface area contributed by atoms with Crippen molar-refractivity contribution in [1.29, 1.82) is 0 Å². The fourth-order valence-corrected chi connectivity index (χ4v) is 5.77. The van der Waals surface area contributed by atoms with Crippen molar-refractivity contribution in [1.82, 2.24) is 4.90 Å². The number of carbonyl (C=O) groups is 1. The summed E-state index contributed by atoms with van der Waals surface area (Å²) in [4.78, 5) is 14.1. The molecule has 1 saturated heterocycles. The first-order valence-electron chi connectivity index (χ1n) is 16.6. The zero-order chi connectivity index (χ0) is 30.0. The van der Waals surface area contributed by atoms with Crippen LogP contribution in [0.2, 0.25) is 0 Å². The molecule has 3 rings (SSSR count). The molecule has 2 aromatic rings. The number of unbranched alkanes of at least 4 members (excludes halogenated alkanes) is 10. The highest BCUT2D eigenvalue weighted by atomic mass is 16.7. The Hall–Kier alpha value is -2.25. The predicted molar refractivity (Wildman–Crippen MR) is 172 cm³/mol. The van der Waals surface area contributed by atoms with Crippen LogP contribution in [0.5, 0.6) is 0 Å². The molecule has 0 radical (unpaired) electrons. The van der Waals surface area contributed by atoms with Gasteiger partial charge in [-0.15, -0.1) is 0 Å². The molecular formula is C36H56N2O4. The molecule has 2 aromatic carbocycles. The van der Waals surface area contributed by atoms with Gasteiger partial charge in [-0.3, -0.25) is 4.79 Å². The fraction of sp³-hybridized carbons (Fsp3) is 0.639. The maximum atomic E-state index is 11.5. The number of aliphatic hydroxyl groups is 1. The van der Waals surface area contributed by atoms with Gasteiger partial charge < -0.3 is 24.8 Å². The van der Waals surface area contributed by atoms with E-state index < -0.39 is 6.29 Å². The van der Waals surface area contributed by atoms with E-state index in [2.05, 4.69) is 36.2 Å². The second-order valence-electron chi connectivity index (χ2n) is 12.0. The van der Waals surface area contributed by atoms with E-state index >= 15 is 0 Å². The van der Waals surface area contributed by atoms with Gasteiger partial charge in [0.15, 0.2) is 6.29 Å². The van der Waals surface area contributed by atoms with Crippen molar-refractivity contribution < 1.29 is 19.4 Å². The molecule has 0 aromatic heterocycles.